The van der Waals surface area contributed by atoms with Gasteiger partial charge in [-0.2, -0.15) is 0 Å². The second-order valence-corrected chi connectivity index (χ2v) is 12.9. The van der Waals surface area contributed by atoms with E-state index in [4.69, 9.17) is 13.3 Å². The predicted molar refractivity (Wildman–Crippen MR) is 206 cm³/mol. The number of fused-ring (bicyclic) bond motifs is 10. The molecule has 0 saturated heterocycles. The third kappa shape index (κ3) is 4.06. The predicted octanol–water partition coefficient (Wildman–Crippen LogP) is 13.7. The van der Waals surface area contributed by atoms with Crippen LogP contribution in [0.25, 0.3) is 87.7 Å². The number of anilines is 3. The van der Waals surface area contributed by atoms with Crippen LogP contribution in [0.2, 0.25) is 0 Å². The average molecular weight is 642 g/mol. The number of hydrogen-bond donors (Lipinski definition) is 0. The molecule has 3 aromatic heterocycles. The quantitative estimate of drug-likeness (QED) is 0.192. The minimum Gasteiger partial charge on any atom is -0.456 e. The molecule has 0 fully saturated rings. The van der Waals surface area contributed by atoms with E-state index in [0.29, 0.717) is 0 Å². The first-order valence-corrected chi connectivity index (χ1v) is 16.8. The maximum Gasteiger partial charge on any atom is 0.137 e. The van der Waals surface area contributed by atoms with Crippen LogP contribution in [0.3, 0.4) is 0 Å². The molecule has 0 aliphatic rings. The minimum absolute atomic E-state index is 0.853. The summed E-state index contributed by atoms with van der Waals surface area (Å²) < 4.78 is 18.9. The van der Waals surface area contributed by atoms with Gasteiger partial charge in [-0.1, -0.05) is 84.9 Å². The van der Waals surface area contributed by atoms with Crippen molar-refractivity contribution >= 4 is 93.7 Å². The molecule has 0 atom stereocenters. The molecule has 0 amide bonds. The van der Waals surface area contributed by atoms with Crippen LogP contribution >= 0.6 is 0 Å². The molecule has 50 heavy (non-hydrogen) atoms. The lowest BCUT2D eigenvalue weighted by Gasteiger charge is -2.26. The zero-order valence-corrected chi connectivity index (χ0v) is 26.8. The molecule has 0 N–H and O–H groups in total. The maximum atomic E-state index is 6.39. The minimum atomic E-state index is 0.853. The molecule has 11 aromatic rings. The van der Waals surface area contributed by atoms with Crippen molar-refractivity contribution in [1.82, 2.24) is 0 Å². The van der Waals surface area contributed by atoms with Gasteiger partial charge in [0.2, 0.25) is 0 Å². The highest BCUT2D eigenvalue weighted by atomic mass is 16.3. The van der Waals surface area contributed by atoms with Crippen LogP contribution < -0.4 is 4.90 Å². The van der Waals surface area contributed by atoms with Gasteiger partial charge in [0.15, 0.2) is 0 Å². The van der Waals surface area contributed by atoms with Gasteiger partial charge in [-0.15, -0.1) is 0 Å². The monoisotopic (exact) mass is 641 g/mol. The van der Waals surface area contributed by atoms with Gasteiger partial charge in [0.05, 0.1) is 0 Å². The number of para-hydroxylation sites is 2. The van der Waals surface area contributed by atoms with Crippen LogP contribution in [0.15, 0.2) is 177 Å². The van der Waals surface area contributed by atoms with E-state index in [9.17, 15) is 0 Å². The van der Waals surface area contributed by atoms with Crippen LogP contribution in [-0.4, -0.2) is 0 Å². The van der Waals surface area contributed by atoms with E-state index < -0.39 is 0 Å². The first kappa shape index (κ1) is 27.2. The van der Waals surface area contributed by atoms with Crippen LogP contribution in [0.5, 0.6) is 0 Å². The molecule has 0 bridgehead atoms. The topological polar surface area (TPSA) is 42.7 Å². The smallest absolute Gasteiger partial charge is 0.137 e. The molecule has 11 rings (SSSR count). The third-order valence-electron chi connectivity index (χ3n) is 10.0. The summed E-state index contributed by atoms with van der Waals surface area (Å²) in [6, 6.07) is 57.3. The van der Waals surface area contributed by atoms with Crippen molar-refractivity contribution in [2.45, 2.75) is 0 Å². The zero-order valence-electron chi connectivity index (χ0n) is 26.8. The third-order valence-corrected chi connectivity index (χ3v) is 10.0. The lowest BCUT2D eigenvalue weighted by atomic mass is 9.98. The summed E-state index contributed by atoms with van der Waals surface area (Å²) in [5.74, 6) is 0. The molecule has 0 aliphatic carbocycles. The Labute approximate surface area is 286 Å². The van der Waals surface area contributed by atoms with Gasteiger partial charge < -0.3 is 18.2 Å². The van der Waals surface area contributed by atoms with Crippen molar-refractivity contribution in [3.63, 3.8) is 0 Å². The first-order valence-electron chi connectivity index (χ1n) is 16.8. The number of hydrogen-bond acceptors (Lipinski definition) is 4. The Bertz CT molecular complexity index is 3110. The Hall–Kier alpha value is -6.78. The first-order chi connectivity index (χ1) is 24.7. The highest BCUT2D eigenvalue weighted by Crippen LogP contribution is 2.43. The second-order valence-electron chi connectivity index (χ2n) is 12.9. The Kier molecular flexibility index (Phi) is 5.63. The molecule has 8 aromatic carbocycles. The molecule has 234 valence electrons. The molecular formula is C46H27NO3. The summed E-state index contributed by atoms with van der Waals surface area (Å²) in [6.45, 7) is 0. The van der Waals surface area contributed by atoms with E-state index >= 15 is 0 Å². The van der Waals surface area contributed by atoms with Crippen molar-refractivity contribution in [3.05, 3.63) is 164 Å². The van der Waals surface area contributed by atoms with Gasteiger partial charge in [-0.25, -0.2) is 0 Å². The van der Waals surface area contributed by atoms with Gasteiger partial charge in [-0.3, -0.25) is 0 Å². The average Bonchev–Trinajstić information content (AvgIpc) is 3.85. The SMILES string of the molecule is c1ccc2cc3c(cc2c1)oc1cccc(-c2ccc(N(c4ccc5c(c4)oc4ccccc45)c4ccc5oc6ccccc6c5c4)cc2)c13. The van der Waals surface area contributed by atoms with Gasteiger partial charge in [-0.05, 0) is 94.7 Å². The van der Waals surface area contributed by atoms with E-state index in [-0.39, 0.29) is 0 Å². The molecule has 0 spiro atoms. The van der Waals surface area contributed by atoms with E-state index in [1.54, 1.807) is 0 Å². The fraction of sp³-hybridized carbons (Fsp3) is 0. The van der Waals surface area contributed by atoms with Crippen LogP contribution in [0.1, 0.15) is 0 Å². The van der Waals surface area contributed by atoms with Gasteiger partial charge in [0, 0.05) is 55.4 Å². The Morgan fingerprint density at radius 3 is 1.70 bits per heavy atom. The zero-order chi connectivity index (χ0) is 32.8. The molecule has 0 radical (unpaired) electrons. The molecule has 4 heteroatoms. The number of rotatable bonds is 4. The number of furan rings is 3. The lowest BCUT2D eigenvalue weighted by molar-refractivity contribution is 0.668. The van der Waals surface area contributed by atoms with Gasteiger partial charge in [0.1, 0.15) is 33.5 Å². The Morgan fingerprint density at radius 2 is 0.880 bits per heavy atom. The van der Waals surface area contributed by atoms with Crippen molar-refractivity contribution < 1.29 is 13.3 Å². The second kappa shape index (κ2) is 10.4. The summed E-state index contributed by atoms with van der Waals surface area (Å²) in [5, 5.41) is 9.02. The van der Waals surface area contributed by atoms with Crippen LogP contribution in [0.4, 0.5) is 17.1 Å². The van der Waals surface area contributed by atoms with Crippen molar-refractivity contribution in [2.24, 2.45) is 0 Å². The largest absolute Gasteiger partial charge is 0.456 e. The van der Waals surface area contributed by atoms with Crippen molar-refractivity contribution in [1.29, 1.82) is 0 Å². The highest BCUT2D eigenvalue weighted by Gasteiger charge is 2.19. The standard InChI is InChI=1S/C46H27NO3/c1-2-9-30-25-44-39(24-29(30)8-1)46-34(12-7-15-43(46)50-44)28-16-18-31(19-17-28)47(32-21-23-42-38(26-32)36-11-4-6-14-41(36)48-42)33-20-22-37-35-10-3-5-13-40(35)49-45(37)27-33/h1-27H. The van der Waals surface area contributed by atoms with E-state index in [1.807, 2.05) is 24.3 Å². The summed E-state index contributed by atoms with van der Waals surface area (Å²) in [4.78, 5) is 2.29. The van der Waals surface area contributed by atoms with Gasteiger partial charge in [0.25, 0.3) is 0 Å². The molecule has 0 aliphatic heterocycles. The molecule has 4 nitrogen and oxygen atoms in total. The van der Waals surface area contributed by atoms with Gasteiger partial charge >= 0.3 is 0 Å². The summed E-state index contributed by atoms with van der Waals surface area (Å²) in [5.41, 5.74) is 10.6. The van der Waals surface area contributed by atoms with E-state index in [2.05, 4.69) is 144 Å². The number of nitrogens with zero attached hydrogens (tertiary/aromatic N) is 1. The fourth-order valence-corrected chi connectivity index (χ4v) is 7.70. The highest BCUT2D eigenvalue weighted by molar-refractivity contribution is 6.16. The lowest BCUT2D eigenvalue weighted by Crippen LogP contribution is -2.09. The Balaban J connectivity index is 1.08. The Morgan fingerprint density at radius 1 is 0.320 bits per heavy atom. The summed E-state index contributed by atoms with van der Waals surface area (Å²) >= 11 is 0. The van der Waals surface area contributed by atoms with E-state index in [0.717, 1.165) is 94.0 Å². The van der Waals surface area contributed by atoms with Crippen LogP contribution in [0, 0.1) is 0 Å². The number of benzene rings is 8. The van der Waals surface area contributed by atoms with E-state index in [1.165, 1.54) is 10.8 Å². The fourth-order valence-electron chi connectivity index (χ4n) is 7.70. The molecule has 3 heterocycles. The van der Waals surface area contributed by atoms with Crippen LogP contribution in [-0.2, 0) is 0 Å². The maximum absolute atomic E-state index is 6.39. The normalized spacial score (nSPS) is 12.0. The molecule has 0 saturated carbocycles. The van der Waals surface area contributed by atoms with Crippen molar-refractivity contribution in [2.75, 3.05) is 4.90 Å². The summed E-state index contributed by atoms with van der Waals surface area (Å²) in [6.07, 6.45) is 0. The van der Waals surface area contributed by atoms with Crippen molar-refractivity contribution in [3.8, 4) is 11.1 Å². The molecular weight excluding hydrogens is 615 g/mol. The molecule has 0 unspecified atom stereocenters. The summed E-state index contributed by atoms with van der Waals surface area (Å²) in [7, 11) is 0.